The smallest absolute Gasteiger partial charge is 0.255 e. The molecule has 0 saturated carbocycles. The average molecular weight is 294 g/mol. The molecule has 0 aromatic heterocycles. The second-order valence-electron chi connectivity index (χ2n) is 5.83. The van der Waals surface area contributed by atoms with Gasteiger partial charge < -0.3 is 10.6 Å². The molecule has 0 bridgehead atoms. The van der Waals surface area contributed by atoms with Gasteiger partial charge in [-0.25, -0.2) is 0 Å². The van der Waals surface area contributed by atoms with E-state index in [4.69, 9.17) is 0 Å². The molecule has 0 spiro atoms. The number of nitrogens with one attached hydrogen (secondary N) is 2. The van der Waals surface area contributed by atoms with Crippen LogP contribution in [-0.4, -0.2) is 11.8 Å². The molecule has 0 fully saturated rings. The van der Waals surface area contributed by atoms with Gasteiger partial charge in [0.05, 0.1) is 5.92 Å². The van der Waals surface area contributed by atoms with Gasteiger partial charge in [0.2, 0.25) is 5.91 Å². The molecule has 0 radical (unpaired) electrons. The fraction of sp³-hybridized carbons (Fsp3) is 0.222. The molecule has 2 aromatic rings. The maximum Gasteiger partial charge on any atom is 0.255 e. The summed E-state index contributed by atoms with van der Waals surface area (Å²) in [5, 5.41) is 5.75. The zero-order valence-corrected chi connectivity index (χ0v) is 12.6. The minimum atomic E-state index is -0.162. The Morgan fingerprint density at radius 2 is 1.86 bits per heavy atom. The molecule has 2 aromatic carbocycles. The van der Waals surface area contributed by atoms with Crippen molar-refractivity contribution in [2.24, 2.45) is 5.92 Å². The van der Waals surface area contributed by atoms with Crippen molar-refractivity contribution in [1.29, 1.82) is 0 Å². The van der Waals surface area contributed by atoms with E-state index < -0.39 is 0 Å². The van der Waals surface area contributed by atoms with Gasteiger partial charge in [0.1, 0.15) is 0 Å². The molecule has 0 saturated heterocycles. The van der Waals surface area contributed by atoms with E-state index in [2.05, 4.69) is 10.6 Å². The summed E-state index contributed by atoms with van der Waals surface area (Å²) in [4.78, 5) is 24.2. The summed E-state index contributed by atoms with van der Waals surface area (Å²) in [6.45, 7) is 4.06. The van der Waals surface area contributed by atoms with Gasteiger partial charge in [-0.2, -0.15) is 0 Å². The lowest BCUT2D eigenvalue weighted by molar-refractivity contribution is -0.117. The average Bonchev–Trinajstić information content (AvgIpc) is 2.83. The van der Waals surface area contributed by atoms with Crippen LogP contribution in [-0.2, 0) is 4.79 Å². The Morgan fingerprint density at radius 3 is 2.55 bits per heavy atom. The highest BCUT2D eigenvalue weighted by Crippen LogP contribution is 2.38. The van der Waals surface area contributed by atoms with Crippen LogP contribution in [0.15, 0.2) is 48.5 Å². The van der Waals surface area contributed by atoms with Crippen molar-refractivity contribution in [3.05, 3.63) is 59.7 Å². The van der Waals surface area contributed by atoms with Crippen molar-refractivity contribution in [1.82, 2.24) is 0 Å². The normalized spacial score (nSPS) is 16.3. The minimum absolute atomic E-state index is 0.0246. The molecule has 1 heterocycles. The molecule has 4 nitrogen and oxygen atoms in total. The lowest BCUT2D eigenvalue weighted by atomic mass is 9.90. The van der Waals surface area contributed by atoms with Crippen LogP contribution in [0.4, 0.5) is 11.4 Å². The largest absolute Gasteiger partial charge is 0.325 e. The highest BCUT2D eigenvalue weighted by Gasteiger charge is 2.32. The molecule has 4 heteroatoms. The summed E-state index contributed by atoms with van der Waals surface area (Å²) < 4.78 is 0. The van der Waals surface area contributed by atoms with Crippen LogP contribution in [0.1, 0.15) is 35.7 Å². The van der Waals surface area contributed by atoms with Gasteiger partial charge in [-0.05, 0) is 35.7 Å². The first-order valence-electron chi connectivity index (χ1n) is 7.37. The number of amides is 2. The van der Waals surface area contributed by atoms with Crippen molar-refractivity contribution < 1.29 is 9.59 Å². The molecular formula is C18H18N2O2. The van der Waals surface area contributed by atoms with E-state index in [-0.39, 0.29) is 23.7 Å². The molecule has 22 heavy (non-hydrogen) atoms. The summed E-state index contributed by atoms with van der Waals surface area (Å²) >= 11 is 0. The summed E-state index contributed by atoms with van der Waals surface area (Å²) in [6, 6.07) is 14.6. The Bertz CT molecular complexity index is 723. The topological polar surface area (TPSA) is 58.2 Å². The van der Waals surface area contributed by atoms with Crippen LogP contribution in [0.25, 0.3) is 0 Å². The standard InChI is InChI=1S/C18H18N2O2/c1-11(2)16-14-9-8-13(10-15(14)20-18(16)22)19-17(21)12-6-4-3-5-7-12/h3-11,16H,1-2H3,(H,19,21)(H,20,22). The molecule has 1 unspecified atom stereocenters. The van der Waals surface area contributed by atoms with Gasteiger partial charge >= 0.3 is 0 Å². The van der Waals surface area contributed by atoms with Crippen LogP contribution in [0, 0.1) is 5.92 Å². The predicted octanol–water partition coefficient (Wildman–Crippen LogP) is 3.63. The Balaban J connectivity index is 1.82. The third-order valence-electron chi connectivity index (χ3n) is 3.89. The minimum Gasteiger partial charge on any atom is -0.325 e. The molecule has 1 aliphatic rings. The van der Waals surface area contributed by atoms with Crippen LogP contribution < -0.4 is 10.6 Å². The molecule has 1 aliphatic heterocycles. The quantitative estimate of drug-likeness (QED) is 0.908. The molecule has 1 atom stereocenters. The van der Waals surface area contributed by atoms with Crippen LogP contribution >= 0.6 is 0 Å². The van der Waals surface area contributed by atoms with E-state index in [1.807, 2.05) is 50.2 Å². The first-order chi connectivity index (χ1) is 10.6. The first-order valence-corrected chi connectivity index (χ1v) is 7.37. The monoisotopic (exact) mass is 294 g/mol. The fourth-order valence-electron chi connectivity index (χ4n) is 2.82. The number of benzene rings is 2. The van der Waals surface area contributed by atoms with Gasteiger partial charge in [0.15, 0.2) is 0 Å². The number of hydrogen-bond donors (Lipinski definition) is 2. The molecule has 3 rings (SSSR count). The molecule has 112 valence electrons. The Hall–Kier alpha value is -2.62. The maximum absolute atomic E-state index is 12.2. The van der Waals surface area contributed by atoms with Crippen molar-refractivity contribution in [2.45, 2.75) is 19.8 Å². The second kappa shape index (κ2) is 5.64. The van der Waals surface area contributed by atoms with E-state index in [1.165, 1.54) is 0 Å². The van der Waals surface area contributed by atoms with E-state index in [1.54, 1.807) is 12.1 Å². The zero-order chi connectivity index (χ0) is 15.7. The zero-order valence-electron chi connectivity index (χ0n) is 12.6. The summed E-state index contributed by atoms with van der Waals surface area (Å²) in [6.07, 6.45) is 0. The van der Waals surface area contributed by atoms with Crippen molar-refractivity contribution in [3.63, 3.8) is 0 Å². The predicted molar refractivity (Wildman–Crippen MR) is 87.0 cm³/mol. The van der Waals surface area contributed by atoms with Gasteiger partial charge in [-0.1, -0.05) is 38.1 Å². The molecule has 2 amide bonds. The molecule has 0 aliphatic carbocycles. The third kappa shape index (κ3) is 2.60. The van der Waals surface area contributed by atoms with E-state index in [0.717, 1.165) is 11.3 Å². The number of anilines is 2. The van der Waals surface area contributed by atoms with E-state index in [9.17, 15) is 9.59 Å². The van der Waals surface area contributed by atoms with Crippen LogP contribution in [0.3, 0.4) is 0 Å². The summed E-state index contributed by atoms with van der Waals surface area (Å²) in [7, 11) is 0. The summed E-state index contributed by atoms with van der Waals surface area (Å²) in [5.41, 5.74) is 3.07. The highest BCUT2D eigenvalue weighted by atomic mass is 16.2. The Labute approximate surface area is 129 Å². The van der Waals surface area contributed by atoms with Crippen molar-refractivity contribution >= 4 is 23.2 Å². The van der Waals surface area contributed by atoms with Crippen LogP contribution in [0.5, 0.6) is 0 Å². The van der Waals surface area contributed by atoms with Crippen molar-refractivity contribution in [3.8, 4) is 0 Å². The first kappa shape index (κ1) is 14.3. The molecular weight excluding hydrogens is 276 g/mol. The third-order valence-corrected chi connectivity index (χ3v) is 3.89. The lowest BCUT2D eigenvalue weighted by Crippen LogP contribution is -2.16. The lowest BCUT2D eigenvalue weighted by Gasteiger charge is -2.13. The number of fused-ring (bicyclic) bond motifs is 1. The van der Waals surface area contributed by atoms with Gasteiger partial charge in [-0.15, -0.1) is 0 Å². The number of carbonyl (C=O) groups excluding carboxylic acids is 2. The maximum atomic E-state index is 12.2. The molecule has 2 N–H and O–H groups in total. The Morgan fingerprint density at radius 1 is 1.14 bits per heavy atom. The van der Waals surface area contributed by atoms with E-state index in [0.29, 0.717) is 11.3 Å². The SMILES string of the molecule is CC(C)C1C(=O)Nc2cc(NC(=O)c3ccccc3)ccc21. The second-order valence-corrected chi connectivity index (χ2v) is 5.83. The van der Waals surface area contributed by atoms with Gasteiger partial charge in [0, 0.05) is 16.9 Å². The van der Waals surface area contributed by atoms with Crippen LogP contribution in [0.2, 0.25) is 0 Å². The Kier molecular flexibility index (Phi) is 3.67. The van der Waals surface area contributed by atoms with Crippen molar-refractivity contribution in [2.75, 3.05) is 10.6 Å². The number of carbonyl (C=O) groups is 2. The number of rotatable bonds is 3. The number of hydrogen-bond acceptors (Lipinski definition) is 2. The van der Waals surface area contributed by atoms with Gasteiger partial charge in [-0.3, -0.25) is 9.59 Å². The highest BCUT2D eigenvalue weighted by molar-refractivity contribution is 6.06. The fourth-order valence-corrected chi connectivity index (χ4v) is 2.82. The van der Waals surface area contributed by atoms with Gasteiger partial charge in [0.25, 0.3) is 5.91 Å². The van der Waals surface area contributed by atoms with E-state index >= 15 is 0 Å². The summed E-state index contributed by atoms with van der Waals surface area (Å²) in [5.74, 6) is -0.0123.